The Morgan fingerprint density at radius 3 is 2.88 bits per heavy atom. The maximum Gasteiger partial charge on any atom is 0.138 e. The molecule has 1 saturated heterocycles. The summed E-state index contributed by atoms with van der Waals surface area (Å²) < 4.78 is 10.4. The monoisotopic (exact) mass is 229 g/mol. The molecule has 1 fully saturated rings. The van der Waals surface area contributed by atoms with Crippen LogP contribution in [0.1, 0.15) is 19.8 Å². The van der Waals surface area contributed by atoms with Crippen molar-refractivity contribution in [3.63, 3.8) is 0 Å². The van der Waals surface area contributed by atoms with E-state index in [9.17, 15) is 4.79 Å². The molecule has 1 aliphatic rings. The highest BCUT2D eigenvalue weighted by atomic mass is 16.5. The Kier molecular flexibility index (Phi) is 6.61. The predicted molar refractivity (Wildman–Crippen MR) is 62.5 cm³/mol. The summed E-state index contributed by atoms with van der Waals surface area (Å²) in [5.41, 5.74) is 0. The first-order valence-corrected chi connectivity index (χ1v) is 6.05. The third-order valence-corrected chi connectivity index (χ3v) is 2.95. The molecule has 0 radical (unpaired) electrons. The molecular formula is C12H23NO3. The van der Waals surface area contributed by atoms with Gasteiger partial charge in [0, 0.05) is 52.3 Å². The molecule has 0 amide bonds. The predicted octanol–water partition coefficient (Wildman–Crippen LogP) is 0.950. The van der Waals surface area contributed by atoms with Gasteiger partial charge in [0.15, 0.2) is 0 Å². The number of nitrogens with zero attached hydrogens (tertiary/aromatic N) is 1. The smallest absolute Gasteiger partial charge is 0.138 e. The topological polar surface area (TPSA) is 38.8 Å². The van der Waals surface area contributed by atoms with Crippen molar-refractivity contribution in [2.45, 2.75) is 19.8 Å². The maximum absolute atomic E-state index is 11.3. The molecular weight excluding hydrogens is 206 g/mol. The van der Waals surface area contributed by atoms with Gasteiger partial charge in [0.25, 0.3) is 0 Å². The van der Waals surface area contributed by atoms with E-state index in [1.54, 1.807) is 7.11 Å². The van der Waals surface area contributed by atoms with Crippen LogP contribution >= 0.6 is 0 Å². The highest BCUT2D eigenvalue weighted by Crippen LogP contribution is 2.11. The molecule has 4 heteroatoms. The fourth-order valence-electron chi connectivity index (χ4n) is 1.90. The molecule has 0 aliphatic carbocycles. The van der Waals surface area contributed by atoms with E-state index in [4.69, 9.17) is 9.47 Å². The summed E-state index contributed by atoms with van der Waals surface area (Å²) in [5.74, 6) is 0.597. The Morgan fingerprint density at radius 2 is 2.19 bits per heavy atom. The zero-order valence-electron chi connectivity index (χ0n) is 10.4. The average Bonchev–Trinajstić information content (AvgIpc) is 2.28. The van der Waals surface area contributed by atoms with Gasteiger partial charge >= 0.3 is 0 Å². The van der Waals surface area contributed by atoms with Gasteiger partial charge < -0.3 is 9.47 Å². The van der Waals surface area contributed by atoms with Crippen molar-refractivity contribution < 1.29 is 14.3 Å². The second-order valence-electron chi connectivity index (χ2n) is 4.38. The molecule has 0 aromatic rings. The van der Waals surface area contributed by atoms with E-state index >= 15 is 0 Å². The molecule has 1 atom stereocenters. The Morgan fingerprint density at radius 1 is 1.38 bits per heavy atom. The van der Waals surface area contributed by atoms with Gasteiger partial charge in [-0.05, 0) is 6.42 Å². The van der Waals surface area contributed by atoms with Gasteiger partial charge in [0.05, 0.1) is 6.61 Å². The van der Waals surface area contributed by atoms with Crippen molar-refractivity contribution in [2.24, 2.45) is 5.92 Å². The summed E-state index contributed by atoms with van der Waals surface area (Å²) in [6, 6.07) is 0. The number of ether oxygens (including phenoxy) is 2. The fourth-order valence-corrected chi connectivity index (χ4v) is 1.90. The molecule has 16 heavy (non-hydrogen) atoms. The minimum Gasteiger partial charge on any atom is -0.385 e. The highest BCUT2D eigenvalue weighted by molar-refractivity contribution is 5.81. The molecule has 0 saturated carbocycles. The van der Waals surface area contributed by atoms with E-state index in [2.05, 4.69) is 4.90 Å². The molecule has 0 bridgehead atoms. The first-order valence-electron chi connectivity index (χ1n) is 6.05. The van der Waals surface area contributed by atoms with Crippen molar-refractivity contribution in [1.82, 2.24) is 4.90 Å². The van der Waals surface area contributed by atoms with Crippen LogP contribution in [0.5, 0.6) is 0 Å². The number of carbonyl (C=O) groups excluding carboxylic acids is 1. The van der Waals surface area contributed by atoms with Crippen molar-refractivity contribution in [1.29, 1.82) is 0 Å². The van der Waals surface area contributed by atoms with Crippen LogP contribution in [0.4, 0.5) is 0 Å². The molecule has 0 aromatic carbocycles. The standard InChI is InChI=1S/C12H23NO3/c1-11-10-13(5-4-12(11)14)6-9-16-8-3-7-15-2/h11H,3-10H2,1-2H3. The lowest BCUT2D eigenvalue weighted by molar-refractivity contribution is -0.125. The second-order valence-corrected chi connectivity index (χ2v) is 4.38. The van der Waals surface area contributed by atoms with Gasteiger partial charge in [0.2, 0.25) is 0 Å². The lowest BCUT2D eigenvalue weighted by Crippen LogP contribution is -2.41. The number of ketones is 1. The molecule has 1 rings (SSSR count). The number of rotatable bonds is 7. The molecule has 1 heterocycles. The number of hydrogen-bond acceptors (Lipinski definition) is 4. The third kappa shape index (κ3) is 5.05. The number of likely N-dealkylation sites (tertiary alicyclic amines) is 1. The number of methoxy groups -OCH3 is 1. The number of piperidine rings is 1. The van der Waals surface area contributed by atoms with E-state index in [0.717, 1.165) is 45.9 Å². The molecule has 1 unspecified atom stereocenters. The lowest BCUT2D eigenvalue weighted by atomic mass is 9.99. The van der Waals surface area contributed by atoms with Crippen LogP contribution in [0.15, 0.2) is 0 Å². The van der Waals surface area contributed by atoms with E-state index in [0.29, 0.717) is 12.2 Å². The first-order chi connectivity index (χ1) is 7.74. The summed E-state index contributed by atoms with van der Waals surface area (Å²) >= 11 is 0. The van der Waals surface area contributed by atoms with Gasteiger partial charge in [-0.1, -0.05) is 6.92 Å². The van der Waals surface area contributed by atoms with Crippen molar-refractivity contribution in [3.8, 4) is 0 Å². The molecule has 0 spiro atoms. The number of carbonyl (C=O) groups is 1. The minimum atomic E-state index is 0.197. The van der Waals surface area contributed by atoms with Gasteiger partial charge in [0.1, 0.15) is 5.78 Å². The van der Waals surface area contributed by atoms with Crippen molar-refractivity contribution in [3.05, 3.63) is 0 Å². The highest BCUT2D eigenvalue weighted by Gasteiger charge is 2.22. The quantitative estimate of drug-likeness (QED) is 0.609. The normalized spacial score (nSPS) is 22.6. The van der Waals surface area contributed by atoms with E-state index in [-0.39, 0.29) is 5.92 Å². The van der Waals surface area contributed by atoms with Crippen molar-refractivity contribution in [2.75, 3.05) is 46.6 Å². The largest absolute Gasteiger partial charge is 0.385 e. The summed E-state index contributed by atoms with van der Waals surface area (Å²) in [6.07, 6.45) is 1.65. The second kappa shape index (κ2) is 7.76. The summed E-state index contributed by atoms with van der Waals surface area (Å²) in [4.78, 5) is 13.6. The number of hydrogen-bond donors (Lipinski definition) is 0. The molecule has 4 nitrogen and oxygen atoms in total. The van der Waals surface area contributed by atoms with Gasteiger partial charge in [-0.3, -0.25) is 9.69 Å². The zero-order chi connectivity index (χ0) is 11.8. The van der Waals surface area contributed by atoms with E-state index < -0.39 is 0 Å². The molecule has 0 aromatic heterocycles. The van der Waals surface area contributed by atoms with Crippen LogP contribution in [0, 0.1) is 5.92 Å². The van der Waals surface area contributed by atoms with Crippen molar-refractivity contribution >= 4 is 5.78 Å². The fraction of sp³-hybridized carbons (Fsp3) is 0.917. The zero-order valence-corrected chi connectivity index (χ0v) is 10.4. The van der Waals surface area contributed by atoms with E-state index in [1.807, 2.05) is 6.92 Å². The van der Waals surface area contributed by atoms with Crippen LogP contribution in [-0.2, 0) is 14.3 Å². The Bertz CT molecular complexity index is 208. The maximum atomic E-state index is 11.3. The van der Waals surface area contributed by atoms with Crippen LogP contribution in [0.2, 0.25) is 0 Å². The first kappa shape index (κ1) is 13.6. The number of Topliss-reactive ketones (excluding diaryl/α,β-unsaturated/α-hetero) is 1. The average molecular weight is 229 g/mol. The van der Waals surface area contributed by atoms with Crippen LogP contribution in [-0.4, -0.2) is 57.2 Å². The SMILES string of the molecule is COCCCOCCN1CCC(=O)C(C)C1. The molecule has 1 aliphatic heterocycles. The Balaban J connectivity index is 1.99. The lowest BCUT2D eigenvalue weighted by Gasteiger charge is -2.29. The Hall–Kier alpha value is -0.450. The van der Waals surface area contributed by atoms with E-state index in [1.165, 1.54) is 0 Å². The molecule has 0 N–H and O–H groups in total. The van der Waals surface area contributed by atoms with Crippen LogP contribution in [0.25, 0.3) is 0 Å². The van der Waals surface area contributed by atoms with Gasteiger partial charge in [-0.25, -0.2) is 0 Å². The minimum absolute atomic E-state index is 0.197. The molecule has 94 valence electrons. The van der Waals surface area contributed by atoms with Gasteiger partial charge in [-0.15, -0.1) is 0 Å². The summed E-state index contributed by atoms with van der Waals surface area (Å²) in [7, 11) is 1.70. The summed E-state index contributed by atoms with van der Waals surface area (Å²) in [6.45, 7) is 7.00. The third-order valence-electron chi connectivity index (χ3n) is 2.95. The van der Waals surface area contributed by atoms with Crippen LogP contribution < -0.4 is 0 Å². The Labute approximate surface area is 97.9 Å². The van der Waals surface area contributed by atoms with Gasteiger partial charge in [-0.2, -0.15) is 0 Å². The summed E-state index contributed by atoms with van der Waals surface area (Å²) in [5, 5.41) is 0. The van der Waals surface area contributed by atoms with Crippen LogP contribution in [0.3, 0.4) is 0 Å².